The molecule has 0 amide bonds. The Morgan fingerprint density at radius 3 is 3.10 bits per heavy atom. The molecule has 3 heterocycles. The minimum atomic E-state index is -0.399. The summed E-state index contributed by atoms with van der Waals surface area (Å²) >= 11 is 1.09. The van der Waals surface area contributed by atoms with Crippen LogP contribution in [0.5, 0.6) is 0 Å². The second-order valence-corrected chi connectivity index (χ2v) is 5.74. The SMILES string of the molecule is C[C@@H]1CN(c2n[nH]c(-c3ccc([N+](=O)[O-])s3)n2)CCN1. The first kappa shape index (κ1) is 13.0. The summed E-state index contributed by atoms with van der Waals surface area (Å²) in [6.07, 6.45) is 0. The maximum atomic E-state index is 10.7. The monoisotopic (exact) mass is 294 g/mol. The predicted octanol–water partition coefficient (Wildman–Crippen LogP) is 1.24. The second kappa shape index (κ2) is 5.17. The lowest BCUT2D eigenvalue weighted by Gasteiger charge is -2.30. The zero-order valence-corrected chi connectivity index (χ0v) is 11.7. The molecule has 0 bridgehead atoms. The van der Waals surface area contributed by atoms with Crippen LogP contribution in [0.25, 0.3) is 10.7 Å². The van der Waals surface area contributed by atoms with E-state index in [0.29, 0.717) is 17.8 Å². The van der Waals surface area contributed by atoms with Crippen molar-refractivity contribution < 1.29 is 4.92 Å². The van der Waals surface area contributed by atoms with E-state index in [1.165, 1.54) is 6.07 Å². The van der Waals surface area contributed by atoms with Gasteiger partial charge < -0.3 is 10.2 Å². The highest BCUT2D eigenvalue weighted by Crippen LogP contribution is 2.31. The molecule has 1 aliphatic heterocycles. The van der Waals surface area contributed by atoms with Gasteiger partial charge in [-0.2, -0.15) is 4.98 Å². The Balaban J connectivity index is 1.80. The number of aromatic nitrogens is 3. The standard InChI is InChI=1S/C11H14N6O2S/c1-7-6-16(5-4-12-7)11-13-10(14-15-11)8-2-3-9(20-8)17(18)19/h2-3,7,12H,4-6H2,1H3,(H,13,14,15)/t7-/m1/s1. The maximum absolute atomic E-state index is 10.7. The van der Waals surface area contributed by atoms with Crippen molar-refractivity contribution in [3.63, 3.8) is 0 Å². The zero-order chi connectivity index (χ0) is 14.1. The third-order valence-corrected chi connectivity index (χ3v) is 4.17. The van der Waals surface area contributed by atoms with Crippen molar-refractivity contribution in [1.82, 2.24) is 20.5 Å². The van der Waals surface area contributed by atoms with Crippen molar-refractivity contribution in [1.29, 1.82) is 0 Å². The first-order chi connectivity index (χ1) is 9.63. The summed E-state index contributed by atoms with van der Waals surface area (Å²) in [6, 6.07) is 3.57. The van der Waals surface area contributed by atoms with Crippen molar-refractivity contribution in [3.8, 4) is 10.7 Å². The quantitative estimate of drug-likeness (QED) is 0.652. The summed E-state index contributed by atoms with van der Waals surface area (Å²) in [5.74, 6) is 1.22. The Morgan fingerprint density at radius 2 is 2.40 bits per heavy atom. The Bertz CT molecular complexity index is 624. The first-order valence-corrected chi connectivity index (χ1v) is 7.10. The van der Waals surface area contributed by atoms with Crippen LogP contribution >= 0.6 is 11.3 Å². The zero-order valence-electron chi connectivity index (χ0n) is 10.9. The normalized spacial score (nSPS) is 19.2. The smallest absolute Gasteiger partial charge is 0.324 e. The van der Waals surface area contributed by atoms with Gasteiger partial charge in [-0.25, -0.2) is 0 Å². The lowest BCUT2D eigenvalue weighted by atomic mass is 10.2. The molecule has 0 radical (unpaired) electrons. The molecule has 106 valence electrons. The van der Waals surface area contributed by atoms with Crippen LogP contribution in [0.3, 0.4) is 0 Å². The lowest BCUT2D eigenvalue weighted by molar-refractivity contribution is -0.380. The molecule has 0 aromatic carbocycles. The van der Waals surface area contributed by atoms with E-state index in [2.05, 4.69) is 32.3 Å². The van der Waals surface area contributed by atoms with Gasteiger partial charge in [0.2, 0.25) is 5.95 Å². The summed E-state index contributed by atoms with van der Waals surface area (Å²) in [5, 5.41) is 21.2. The van der Waals surface area contributed by atoms with Gasteiger partial charge in [0.15, 0.2) is 5.82 Å². The molecule has 0 unspecified atom stereocenters. The van der Waals surface area contributed by atoms with Crippen molar-refractivity contribution in [3.05, 3.63) is 22.2 Å². The molecule has 8 nitrogen and oxygen atoms in total. The van der Waals surface area contributed by atoms with E-state index in [1.807, 2.05) is 0 Å². The number of hydrogen-bond donors (Lipinski definition) is 2. The van der Waals surface area contributed by atoms with Crippen LogP contribution in [0.4, 0.5) is 10.9 Å². The van der Waals surface area contributed by atoms with Crippen molar-refractivity contribution in [2.75, 3.05) is 24.5 Å². The summed E-state index contributed by atoms with van der Waals surface area (Å²) in [4.78, 5) is 17.5. The van der Waals surface area contributed by atoms with Crippen LogP contribution in [0.1, 0.15) is 6.92 Å². The van der Waals surface area contributed by atoms with Gasteiger partial charge in [-0.3, -0.25) is 15.2 Å². The topological polar surface area (TPSA) is 100.0 Å². The van der Waals surface area contributed by atoms with Gasteiger partial charge in [0.05, 0.1) is 9.80 Å². The molecule has 2 aromatic heterocycles. The number of H-pyrrole nitrogens is 1. The van der Waals surface area contributed by atoms with Gasteiger partial charge in [-0.05, 0) is 13.0 Å². The molecule has 3 rings (SSSR count). The lowest BCUT2D eigenvalue weighted by Crippen LogP contribution is -2.49. The highest BCUT2D eigenvalue weighted by Gasteiger charge is 2.20. The van der Waals surface area contributed by atoms with E-state index < -0.39 is 4.92 Å². The molecule has 0 saturated carbocycles. The number of nitro groups is 1. The Morgan fingerprint density at radius 1 is 1.55 bits per heavy atom. The van der Waals surface area contributed by atoms with Gasteiger partial charge in [0.1, 0.15) is 0 Å². The minimum absolute atomic E-state index is 0.105. The molecular weight excluding hydrogens is 280 g/mol. The molecule has 1 aliphatic rings. The molecule has 0 spiro atoms. The highest BCUT2D eigenvalue weighted by atomic mass is 32.1. The minimum Gasteiger partial charge on any atom is -0.337 e. The molecule has 2 aromatic rings. The fourth-order valence-electron chi connectivity index (χ4n) is 2.17. The van der Waals surface area contributed by atoms with E-state index in [9.17, 15) is 10.1 Å². The van der Waals surface area contributed by atoms with Gasteiger partial charge in [0.25, 0.3) is 0 Å². The van der Waals surface area contributed by atoms with E-state index in [-0.39, 0.29) is 5.00 Å². The summed E-state index contributed by atoms with van der Waals surface area (Å²) < 4.78 is 0. The molecule has 1 saturated heterocycles. The predicted molar refractivity (Wildman–Crippen MR) is 76.0 cm³/mol. The van der Waals surface area contributed by atoms with Crippen molar-refractivity contribution in [2.24, 2.45) is 0 Å². The summed E-state index contributed by atoms with van der Waals surface area (Å²) in [6.45, 7) is 4.71. The van der Waals surface area contributed by atoms with Crippen LogP contribution < -0.4 is 10.2 Å². The first-order valence-electron chi connectivity index (χ1n) is 6.29. The number of piperazine rings is 1. The van der Waals surface area contributed by atoms with Gasteiger partial charge in [0, 0.05) is 31.7 Å². The number of aromatic amines is 1. The Kier molecular flexibility index (Phi) is 3.36. The average molecular weight is 294 g/mol. The molecule has 9 heteroatoms. The van der Waals surface area contributed by atoms with E-state index in [0.717, 1.165) is 35.8 Å². The number of rotatable bonds is 3. The summed E-state index contributed by atoms with van der Waals surface area (Å²) in [5.41, 5.74) is 0. The highest BCUT2D eigenvalue weighted by molar-refractivity contribution is 7.18. The Hall–Kier alpha value is -2.00. The number of nitrogens with zero attached hydrogens (tertiary/aromatic N) is 4. The number of anilines is 1. The second-order valence-electron chi connectivity index (χ2n) is 4.68. The van der Waals surface area contributed by atoms with Gasteiger partial charge in [-0.15, -0.1) is 5.10 Å². The summed E-state index contributed by atoms with van der Waals surface area (Å²) in [7, 11) is 0. The van der Waals surface area contributed by atoms with Gasteiger partial charge >= 0.3 is 5.00 Å². The fourth-order valence-corrected chi connectivity index (χ4v) is 2.93. The van der Waals surface area contributed by atoms with Crippen molar-refractivity contribution >= 4 is 22.3 Å². The van der Waals surface area contributed by atoms with Crippen LogP contribution in [-0.4, -0.2) is 45.8 Å². The maximum Gasteiger partial charge on any atom is 0.324 e. The molecule has 2 N–H and O–H groups in total. The largest absolute Gasteiger partial charge is 0.337 e. The van der Waals surface area contributed by atoms with Gasteiger partial charge in [-0.1, -0.05) is 11.3 Å². The number of thiophene rings is 1. The third-order valence-electron chi connectivity index (χ3n) is 3.13. The van der Waals surface area contributed by atoms with Crippen LogP contribution in [0.2, 0.25) is 0 Å². The van der Waals surface area contributed by atoms with Crippen LogP contribution in [0.15, 0.2) is 12.1 Å². The molecule has 1 fully saturated rings. The number of hydrogen-bond acceptors (Lipinski definition) is 7. The average Bonchev–Trinajstić information content (AvgIpc) is 3.08. The van der Waals surface area contributed by atoms with Crippen LogP contribution in [-0.2, 0) is 0 Å². The molecule has 1 atom stereocenters. The van der Waals surface area contributed by atoms with E-state index in [1.54, 1.807) is 6.07 Å². The third kappa shape index (κ3) is 2.49. The van der Waals surface area contributed by atoms with Crippen LogP contribution in [0, 0.1) is 10.1 Å². The fraction of sp³-hybridized carbons (Fsp3) is 0.455. The Labute approximate surface area is 119 Å². The molecular formula is C11H14N6O2S. The van der Waals surface area contributed by atoms with E-state index >= 15 is 0 Å². The molecule has 20 heavy (non-hydrogen) atoms. The molecule has 0 aliphatic carbocycles. The number of nitrogens with one attached hydrogen (secondary N) is 2. The van der Waals surface area contributed by atoms with Crippen molar-refractivity contribution in [2.45, 2.75) is 13.0 Å². The van der Waals surface area contributed by atoms with E-state index in [4.69, 9.17) is 0 Å².